The van der Waals surface area contributed by atoms with Gasteiger partial charge in [0.1, 0.15) is 11.8 Å². The molecule has 2 aliphatic rings. The quantitative estimate of drug-likeness (QED) is 0.456. The fourth-order valence-electron chi connectivity index (χ4n) is 4.38. The van der Waals surface area contributed by atoms with Crippen molar-refractivity contribution in [2.45, 2.75) is 54.8 Å². The van der Waals surface area contributed by atoms with Crippen molar-refractivity contribution in [1.29, 1.82) is 0 Å². The average Bonchev–Trinajstić information content (AvgIpc) is 3.41. The summed E-state index contributed by atoms with van der Waals surface area (Å²) in [6.45, 7) is 0. The van der Waals surface area contributed by atoms with Crippen LogP contribution in [0.1, 0.15) is 38.5 Å². The lowest BCUT2D eigenvalue weighted by atomic mass is 9.92. The number of hydrogen-bond acceptors (Lipinski definition) is 6. The third-order valence-electron chi connectivity index (χ3n) is 5.88. The summed E-state index contributed by atoms with van der Waals surface area (Å²) in [4.78, 5) is 42.5. The normalized spacial score (nSPS) is 19.6. The first-order valence-corrected chi connectivity index (χ1v) is 12.4. The second-order valence-corrected chi connectivity index (χ2v) is 10.0. The van der Waals surface area contributed by atoms with Crippen LogP contribution in [0, 0.1) is 0 Å². The van der Waals surface area contributed by atoms with E-state index in [4.69, 9.17) is 4.74 Å². The van der Waals surface area contributed by atoms with E-state index >= 15 is 0 Å². The zero-order valence-corrected chi connectivity index (χ0v) is 19.1. The van der Waals surface area contributed by atoms with Gasteiger partial charge in [-0.1, -0.05) is 25.3 Å². The number of carbonyl (C=O) groups excluding carboxylic acids is 3. The van der Waals surface area contributed by atoms with Crippen LogP contribution in [-0.4, -0.2) is 47.6 Å². The molecule has 1 aromatic heterocycles. The topological polar surface area (TPSA) is 66.9 Å². The molecule has 0 bridgehead atoms. The Kier molecular flexibility index (Phi) is 6.97. The molecule has 4 rings (SSSR count). The molecule has 1 aliphatic carbocycles. The third kappa shape index (κ3) is 4.80. The average molecular weight is 459 g/mol. The number of thioether (sulfide) groups is 1. The molecular weight excluding hydrogens is 432 g/mol. The van der Waals surface area contributed by atoms with Gasteiger partial charge in [0.15, 0.2) is 0 Å². The first kappa shape index (κ1) is 21.9. The number of hydrogen-bond donors (Lipinski definition) is 0. The fraction of sp³-hybridized carbons (Fsp3) is 0.435. The minimum absolute atomic E-state index is 0.0164. The predicted molar refractivity (Wildman–Crippen MR) is 123 cm³/mol. The van der Waals surface area contributed by atoms with E-state index in [9.17, 15) is 14.4 Å². The summed E-state index contributed by atoms with van der Waals surface area (Å²) in [6, 6.07) is 10.1. The predicted octanol–water partition coefficient (Wildman–Crippen LogP) is 4.34. The SMILES string of the molecule is COc1ccc(N2C(=O)CC(N(C(=O)CSc3cccs3)C3CCCCC3)C2=O)cc1. The number of methoxy groups -OCH3 is 1. The van der Waals surface area contributed by atoms with Crippen molar-refractivity contribution in [1.82, 2.24) is 4.90 Å². The van der Waals surface area contributed by atoms with E-state index in [1.807, 2.05) is 17.5 Å². The van der Waals surface area contributed by atoms with Gasteiger partial charge >= 0.3 is 0 Å². The molecule has 1 unspecified atom stereocenters. The minimum atomic E-state index is -0.728. The van der Waals surface area contributed by atoms with Crippen molar-refractivity contribution in [3.8, 4) is 5.75 Å². The van der Waals surface area contributed by atoms with Crippen LogP contribution >= 0.6 is 23.1 Å². The van der Waals surface area contributed by atoms with Gasteiger partial charge in [-0.2, -0.15) is 0 Å². The molecule has 3 amide bonds. The Bertz CT molecular complexity index is 924. The minimum Gasteiger partial charge on any atom is -0.497 e. The van der Waals surface area contributed by atoms with Crippen molar-refractivity contribution in [3.05, 3.63) is 41.8 Å². The van der Waals surface area contributed by atoms with Crippen molar-refractivity contribution < 1.29 is 19.1 Å². The number of anilines is 1. The first-order valence-electron chi connectivity index (χ1n) is 10.6. The Morgan fingerprint density at radius 3 is 2.55 bits per heavy atom. The number of amides is 3. The molecule has 1 aromatic carbocycles. The van der Waals surface area contributed by atoms with Crippen LogP contribution in [-0.2, 0) is 14.4 Å². The van der Waals surface area contributed by atoms with E-state index in [1.165, 1.54) is 16.7 Å². The van der Waals surface area contributed by atoms with Crippen LogP contribution in [0.2, 0.25) is 0 Å². The highest BCUT2D eigenvalue weighted by Gasteiger charge is 2.46. The lowest BCUT2D eigenvalue weighted by Gasteiger charge is -2.37. The first-order chi connectivity index (χ1) is 15.1. The van der Waals surface area contributed by atoms with E-state index < -0.39 is 6.04 Å². The summed E-state index contributed by atoms with van der Waals surface area (Å²) in [6.07, 6.45) is 5.05. The van der Waals surface area contributed by atoms with Crippen molar-refractivity contribution in [2.24, 2.45) is 0 Å². The third-order valence-corrected chi connectivity index (χ3v) is 7.99. The largest absolute Gasteiger partial charge is 0.497 e. The summed E-state index contributed by atoms with van der Waals surface area (Å²) in [5.41, 5.74) is 0.516. The maximum Gasteiger partial charge on any atom is 0.257 e. The van der Waals surface area contributed by atoms with Gasteiger partial charge in [0, 0.05) is 6.04 Å². The highest BCUT2D eigenvalue weighted by atomic mass is 32.2. The zero-order chi connectivity index (χ0) is 21.8. The van der Waals surface area contributed by atoms with Crippen LogP contribution in [0.3, 0.4) is 0 Å². The molecule has 0 radical (unpaired) electrons. The smallest absolute Gasteiger partial charge is 0.257 e. The second kappa shape index (κ2) is 9.87. The Labute approximate surface area is 190 Å². The highest BCUT2D eigenvalue weighted by molar-refractivity contribution is 8.01. The van der Waals surface area contributed by atoms with Crippen LogP contribution in [0.4, 0.5) is 5.69 Å². The maximum absolute atomic E-state index is 13.4. The molecule has 8 heteroatoms. The Balaban J connectivity index is 1.55. The molecular formula is C23H26N2O4S2. The molecule has 2 fully saturated rings. The van der Waals surface area contributed by atoms with Crippen molar-refractivity contribution in [3.63, 3.8) is 0 Å². The standard InChI is InChI=1S/C23H26N2O4S2/c1-29-18-11-9-17(10-12-18)25-20(26)14-19(23(25)28)24(16-6-3-2-4-7-16)21(27)15-31-22-8-5-13-30-22/h5,8-13,16,19H,2-4,6-7,14-15H2,1H3. The number of rotatable bonds is 7. The molecule has 1 saturated carbocycles. The second-order valence-electron chi connectivity index (χ2n) is 7.80. The van der Waals surface area contributed by atoms with Gasteiger partial charge in [0.05, 0.1) is 29.2 Å². The number of imide groups is 1. The molecule has 31 heavy (non-hydrogen) atoms. The molecule has 6 nitrogen and oxygen atoms in total. The van der Waals surface area contributed by atoms with E-state index in [1.54, 1.807) is 47.6 Å². The van der Waals surface area contributed by atoms with E-state index in [0.29, 0.717) is 11.4 Å². The summed E-state index contributed by atoms with van der Waals surface area (Å²) >= 11 is 3.09. The van der Waals surface area contributed by atoms with Gasteiger partial charge in [-0.15, -0.1) is 23.1 Å². The lowest BCUT2D eigenvalue weighted by molar-refractivity contribution is -0.139. The number of thiophene rings is 1. The summed E-state index contributed by atoms with van der Waals surface area (Å²) in [7, 11) is 1.57. The number of carbonyl (C=O) groups is 3. The molecule has 1 atom stereocenters. The van der Waals surface area contributed by atoms with E-state index in [2.05, 4.69) is 0 Å². The molecule has 1 saturated heterocycles. The van der Waals surface area contributed by atoms with Crippen LogP contribution in [0.5, 0.6) is 5.75 Å². The van der Waals surface area contributed by atoms with Gasteiger partial charge < -0.3 is 9.64 Å². The molecule has 1 aliphatic heterocycles. The van der Waals surface area contributed by atoms with Gasteiger partial charge in [0.25, 0.3) is 5.91 Å². The fourth-order valence-corrected chi connectivity index (χ4v) is 6.03. The number of nitrogens with zero attached hydrogens (tertiary/aromatic N) is 2. The van der Waals surface area contributed by atoms with Crippen molar-refractivity contribution >= 4 is 46.5 Å². The summed E-state index contributed by atoms with van der Waals surface area (Å²) in [5, 5.41) is 1.98. The molecule has 164 valence electrons. The lowest BCUT2D eigenvalue weighted by Crippen LogP contribution is -2.52. The van der Waals surface area contributed by atoms with Gasteiger partial charge in [-0.3, -0.25) is 14.4 Å². The van der Waals surface area contributed by atoms with Gasteiger partial charge in [-0.05, 0) is 48.6 Å². The molecule has 2 aromatic rings. The Morgan fingerprint density at radius 1 is 1.16 bits per heavy atom. The van der Waals surface area contributed by atoms with Crippen LogP contribution in [0.25, 0.3) is 0 Å². The molecule has 2 heterocycles. The molecule has 0 N–H and O–H groups in total. The van der Waals surface area contributed by atoms with Crippen molar-refractivity contribution in [2.75, 3.05) is 17.8 Å². The summed E-state index contributed by atoms with van der Waals surface area (Å²) in [5.74, 6) is 0.296. The molecule has 0 spiro atoms. The van der Waals surface area contributed by atoms with Crippen LogP contribution in [0.15, 0.2) is 46.0 Å². The Hall–Kier alpha value is -2.32. The monoisotopic (exact) mass is 458 g/mol. The Morgan fingerprint density at radius 2 is 1.90 bits per heavy atom. The number of ether oxygens (including phenoxy) is 1. The van der Waals surface area contributed by atoms with Crippen LogP contribution < -0.4 is 9.64 Å². The maximum atomic E-state index is 13.4. The zero-order valence-electron chi connectivity index (χ0n) is 17.5. The van der Waals surface area contributed by atoms with E-state index in [0.717, 1.165) is 36.3 Å². The van der Waals surface area contributed by atoms with Gasteiger partial charge in [0.2, 0.25) is 11.8 Å². The van der Waals surface area contributed by atoms with E-state index in [-0.39, 0.29) is 35.9 Å². The summed E-state index contributed by atoms with van der Waals surface area (Å²) < 4.78 is 6.25. The highest BCUT2D eigenvalue weighted by Crippen LogP contribution is 2.33. The number of benzene rings is 1. The van der Waals surface area contributed by atoms with Gasteiger partial charge in [-0.25, -0.2) is 4.90 Å².